The van der Waals surface area contributed by atoms with Crippen molar-refractivity contribution in [1.29, 1.82) is 0 Å². The third kappa shape index (κ3) is 3.38. The van der Waals surface area contributed by atoms with Crippen molar-refractivity contribution in [2.45, 2.75) is 19.9 Å². The molecule has 1 rings (SSSR count). The molecule has 2 nitrogen and oxygen atoms in total. The highest BCUT2D eigenvalue weighted by Gasteiger charge is 2.04. The number of Topliss-reactive ketones (excluding diaryl/α,β-unsaturated/α-hetero) is 1. The largest absolute Gasteiger partial charge is 0.307 e. The maximum Gasteiger partial charge on any atom is 0.176 e. The van der Waals surface area contributed by atoms with E-state index >= 15 is 0 Å². The molecule has 0 aliphatic carbocycles. The molecule has 0 heterocycles. The third-order valence-corrected chi connectivity index (χ3v) is 1.77. The Morgan fingerprint density at radius 1 is 1.31 bits per heavy atom. The van der Waals surface area contributed by atoms with Gasteiger partial charge in [0.25, 0.3) is 0 Å². The van der Waals surface area contributed by atoms with Gasteiger partial charge in [-0.05, 0) is 0 Å². The Hall–Kier alpha value is -1.15. The van der Waals surface area contributed by atoms with Crippen LogP contribution in [0.25, 0.3) is 0 Å². The smallest absolute Gasteiger partial charge is 0.176 e. The van der Waals surface area contributed by atoms with Crippen LogP contribution < -0.4 is 5.32 Å². The first-order valence-electron chi connectivity index (χ1n) is 4.52. The van der Waals surface area contributed by atoms with Crippen LogP contribution in [-0.4, -0.2) is 18.4 Å². The molecule has 1 aromatic rings. The zero-order chi connectivity index (χ0) is 9.68. The van der Waals surface area contributed by atoms with E-state index in [2.05, 4.69) is 5.32 Å². The lowest BCUT2D eigenvalue weighted by Crippen LogP contribution is -2.29. The molecule has 70 valence electrons. The molecule has 0 radical (unpaired) electrons. The summed E-state index contributed by atoms with van der Waals surface area (Å²) in [5.41, 5.74) is 0.774. The molecule has 1 N–H and O–H groups in total. The van der Waals surface area contributed by atoms with Gasteiger partial charge in [-0.1, -0.05) is 44.2 Å². The molecular formula is C11H15NO. The van der Waals surface area contributed by atoms with Gasteiger partial charge < -0.3 is 5.32 Å². The molecule has 0 atom stereocenters. The van der Waals surface area contributed by atoms with Crippen LogP contribution in [0.5, 0.6) is 0 Å². The lowest BCUT2D eigenvalue weighted by molar-refractivity contribution is 0.0988. The van der Waals surface area contributed by atoms with E-state index in [0.717, 1.165) is 5.56 Å². The van der Waals surface area contributed by atoms with E-state index in [1.807, 2.05) is 44.2 Å². The maximum absolute atomic E-state index is 11.5. The predicted molar refractivity (Wildman–Crippen MR) is 53.9 cm³/mol. The van der Waals surface area contributed by atoms with Crippen LogP contribution in [0.1, 0.15) is 24.2 Å². The maximum atomic E-state index is 11.5. The van der Waals surface area contributed by atoms with E-state index in [1.54, 1.807) is 0 Å². The van der Waals surface area contributed by atoms with E-state index in [0.29, 0.717) is 12.6 Å². The Morgan fingerprint density at radius 2 is 1.92 bits per heavy atom. The van der Waals surface area contributed by atoms with Crippen molar-refractivity contribution in [3.8, 4) is 0 Å². The minimum atomic E-state index is 0.148. The predicted octanol–water partition coefficient (Wildman–Crippen LogP) is 1.87. The van der Waals surface area contributed by atoms with Crippen LogP contribution in [0.3, 0.4) is 0 Å². The van der Waals surface area contributed by atoms with Crippen LogP contribution >= 0.6 is 0 Å². The molecule has 0 aliphatic heterocycles. The van der Waals surface area contributed by atoms with Crippen molar-refractivity contribution in [2.24, 2.45) is 0 Å². The van der Waals surface area contributed by atoms with Gasteiger partial charge >= 0.3 is 0 Å². The van der Waals surface area contributed by atoms with Crippen LogP contribution in [0.4, 0.5) is 0 Å². The second-order valence-electron chi connectivity index (χ2n) is 3.32. The number of hydrogen-bond donors (Lipinski definition) is 1. The number of carbonyl (C=O) groups is 1. The normalized spacial score (nSPS) is 10.4. The molecule has 1 aromatic carbocycles. The first-order valence-corrected chi connectivity index (χ1v) is 4.52. The van der Waals surface area contributed by atoms with Crippen molar-refractivity contribution in [3.05, 3.63) is 35.9 Å². The fourth-order valence-electron chi connectivity index (χ4n) is 1.02. The highest BCUT2D eigenvalue weighted by molar-refractivity contribution is 5.97. The number of carbonyl (C=O) groups excluding carboxylic acids is 1. The molecule has 0 unspecified atom stereocenters. The molecule has 0 aliphatic rings. The fourth-order valence-corrected chi connectivity index (χ4v) is 1.02. The molecule has 0 aromatic heterocycles. The van der Waals surface area contributed by atoms with Crippen molar-refractivity contribution in [1.82, 2.24) is 5.32 Å². The molecule has 0 bridgehead atoms. The van der Waals surface area contributed by atoms with Gasteiger partial charge in [-0.2, -0.15) is 0 Å². The minimum absolute atomic E-state index is 0.148. The Balaban J connectivity index is 2.50. The van der Waals surface area contributed by atoms with Gasteiger partial charge in [-0.3, -0.25) is 4.79 Å². The lowest BCUT2D eigenvalue weighted by Gasteiger charge is -2.06. The first kappa shape index (κ1) is 9.93. The van der Waals surface area contributed by atoms with E-state index < -0.39 is 0 Å². The first-order chi connectivity index (χ1) is 6.20. The van der Waals surface area contributed by atoms with Crippen molar-refractivity contribution >= 4 is 5.78 Å². The van der Waals surface area contributed by atoms with Crippen molar-refractivity contribution in [3.63, 3.8) is 0 Å². The summed E-state index contributed by atoms with van der Waals surface area (Å²) in [4.78, 5) is 11.5. The number of benzene rings is 1. The summed E-state index contributed by atoms with van der Waals surface area (Å²) in [5.74, 6) is 0.148. The standard InChI is InChI=1S/C11H15NO/c1-9(2)12-8-11(13)10-6-4-3-5-7-10/h3-7,9,12H,8H2,1-2H3. The Bertz CT molecular complexity index is 267. The van der Waals surface area contributed by atoms with Crippen molar-refractivity contribution in [2.75, 3.05) is 6.54 Å². The van der Waals surface area contributed by atoms with Crippen LogP contribution in [0, 0.1) is 0 Å². The highest BCUT2D eigenvalue weighted by atomic mass is 16.1. The number of rotatable bonds is 4. The summed E-state index contributed by atoms with van der Waals surface area (Å²) in [5, 5.41) is 3.09. The second-order valence-corrected chi connectivity index (χ2v) is 3.32. The van der Waals surface area contributed by atoms with E-state index in [4.69, 9.17) is 0 Å². The van der Waals surface area contributed by atoms with Gasteiger partial charge in [0.2, 0.25) is 0 Å². The Kier molecular flexibility index (Phi) is 3.65. The summed E-state index contributed by atoms with van der Waals surface area (Å²) in [6, 6.07) is 9.69. The Morgan fingerprint density at radius 3 is 2.46 bits per heavy atom. The summed E-state index contributed by atoms with van der Waals surface area (Å²) in [6.45, 7) is 4.47. The zero-order valence-electron chi connectivity index (χ0n) is 8.08. The third-order valence-electron chi connectivity index (χ3n) is 1.77. The molecule has 0 fully saturated rings. The highest BCUT2D eigenvalue weighted by Crippen LogP contribution is 1.98. The van der Waals surface area contributed by atoms with Gasteiger partial charge in [0.15, 0.2) is 5.78 Å². The topological polar surface area (TPSA) is 29.1 Å². The molecule has 0 saturated carbocycles. The zero-order valence-corrected chi connectivity index (χ0v) is 8.08. The number of hydrogen-bond acceptors (Lipinski definition) is 2. The van der Waals surface area contributed by atoms with Crippen LogP contribution in [0.15, 0.2) is 30.3 Å². The van der Waals surface area contributed by atoms with Gasteiger partial charge in [0.1, 0.15) is 0 Å². The molecule has 2 heteroatoms. The van der Waals surface area contributed by atoms with Crippen LogP contribution in [0.2, 0.25) is 0 Å². The van der Waals surface area contributed by atoms with Crippen LogP contribution in [-0.2, 0) is 0 Å². The lowest BCUT2D eigenvalue weighted by atomic mass is 10.1. The van der Waals surface area contributed by atoms with E-state index in [-0.39, 0.29) is 5.78 Å². The Labute approximate surface area is 79.0 Å². The van der Waals surface area contributed by atoms with Gasteiger partial charge in [-0.15, -0.1) is 0 Å². The minimum Gasteiger partial charge on any atom is -0.307 e. The van der Waals surface area contributed by atoms with Gasteiger partial charge in [0.05, 0.1) is 6.54 Å². The summed E-state index contributed by atoms with van der Waals surface area (Å²) >= 11 is 0. The second kappa shape index (κ2) is 4.77. The fraction of sp³-hybridized carbons (Fsp3) is 0.364. The average Bonchev–Trinajstić information content (AvgIpc) is 2.15. The summed E-state index contributed by atoms with van der Waals surface area (Å²) < 4.78 is 0. The van der Waals surface area contributed by atoms with Gasteiger partial charge in [0, 0.05) is 11.6 Å². The molecular weight excluding hydrogens is 162 g/mol. The van der Waals surface area contributed by atoms with E-state index in [1.165, 1.54) is 0 Å². The summed E-state index contributed by atoms with van der Waals surface area (Å²) in [7, 11) is 0. The molecule has 13 heavy (non-hydrogen) atoms. The molecule has 0 amide bonds. The quantitative estimate of drug-likeness (QED) is 0.711. The average molecular weight is 177 g/mol. The SMILES string of the molecule is CC(C)NCC(=O)c1ccccc1. The number of ketones is 1. The van der Waals surface area contributed by atoms with Gasteiger partial charge in [-0.25, -0.2) is 0 Å². The van der Waals surface area contributed by atoms with E-state index in [9.17, 15) is 4.79 Å². The molecule has 0 spiro atoms. The number of nitrogens with one attached hydrogen (secondary N) is 1. The monoisotopic (exact) mass is 177 g/mol. The molecule has 0 saturated heterocycles. The van der Waals surface area contributed by atoms with Crippen molar-refractivity contribution < 1.29 is 4.79 Å². The summed E-state index contributed by atoms with van der Waals surface area (Å²) in [6.07, 6.45) is 0.